The number of aromatic nitrogens is 1. The second kappa shape index (κ2) is 7.06. The lowest BCUT2D eigenvalue weighted by Crippen LogP contribution is -2.61. The quantitative estimate of drug-likeness (QED) is 0.872. The van der Waals surface area contributed by atoms with Gasteiger partial charge in [0, 0.05) is 36.8 Å². The second-order valence-electron chi connectivity index (χ2n) is 9.17. The van der Waals surface area contributed by atoms with Gasteiger partial charge in [0.15, 0.2) is 5.13 Å². The Morgan fingerprint density at radius 1 is 1.23 bits per heavy atom. The summed E-state index contributed by atoms with van der Waals surface area (Å²) in [7, 11) is 0. The molecule has 1 aromatic heterocycles. The van der Waals surface area contributed by atoms with Crippen LogP contribution >= 0.6 is 11.3 Å². The minimum atomic E-state index is 0.656. The van der Waals surface area contributed by atoms with E-state index >= 15 is 0 Å². The van der Waals surface area contributed by atoms with Crippen LogP contribution in [-0.4, -0.2) is 54.7 Å². The molecule has 144 valence electrons. The Morgan fingerprint density at radius 3 is 2.81 bits per heavy atom. The third-order valence-electron chi connectivity index (χ3n) is 8.13. The molecule has 26 heavy (non-hydrogen) atoms. The monoisotopic (exact) mass is 374 g/mol. The van der Waals surface area contributed by atoms with Gasteiger partial charge in [-0.1, -0.05) is 13.3 Å². The highest BCUT2D eigenvalue weighted by Crippen LogP contribution is 2.55. The number of thiazole rings is 1. The van der Waals surface area contributed by atoms with Crippen molar-refractivity contribution < 1.29 is 0 Å². The van der Waals surface area contributed by atoms with Crippen molar-refractivity contribution >= 4 is 16.5 Å². The molecule has 4 aliphatic rings. The fourth-order valence-electron chi connectivity index (χ4n) is 6.81. The van der Waals surface area contributed by atoms with E-state index in [1.807, 2.05) is 17.5 Å². The number of nitrogens with one attached hydrogen (secondary N) is 1. The molecule has 4 heterocycles. The molecule has 5 rings (SSSR count). The predicted octanol–water partition coefficient (Wildman–Crippen LogP) is 3.60. The maximum atomic E-state index is 4.60. The molecule has 3 saturated heterocycles. The molecule has 1 aromatic rings. The number of piperidine rings is 1. The van der Waals surface area contributed by atoms with Gasteiger partial charge in [0.05, 0.1) is 0 Å². The zero-order valence-corrected chi connectivity index (χ0v) is 17.0. The molecule has 5 heteroatoms. The van der Waals surface area contributed by atoms with Gasteiger partial charge in [-0.05, 0) is 75.4 Å². The summed E-state index contributed by atoms with van der Waals surface area (Å²) in [5.74, 6) is 1.81. The van der Waals surface area contributed by atoms with Crippen LogP contribution in [0.2, 0.25) is 0 Å². The molecular formula is C21H34N4S. The lowest BCUT2D eigenvalue weighted by molar-refractivity contribution is -0.0767. The first-order valence-electron chi connectivity index (χ1n) is 10.9. The van der Waals surface area contributed by atoms with Gasteiger partial charge >= 0.3 is 0 Å². The van der Waals surface area contributed by atoms with Gasteiger partial charge in [0.2, 0.25) is 0 Å². The molecule has 1 aliphatic carbocycles. The number of anilines is 1. The molecule has 3 unspecified atom stereocenters. The van der Waals surface area contributed by atoms with E-state index in [4.69, 9.17) is 0 Å². The molecule has 1 saturated carbocycles. The van der Waals surface area contributed by atoms with Gasteiger partial charge in [-0.3, -0.25) is 0 Å². The van der Waals surface area contributed by atoms with Crippen LogP contribution < -0.4 is 10.2 Å². The largest absolute Gasteiger partial charge is 0.345 e. The third kappa shape index (κ3) is 2.82. The molecule has 1 N–H and O–H groups in total. The van der Waals surface area contributed by atoms with E-state index in [0.29, 0.717) is 5.41 Å². The van der Waals surface area contributed by atoms with Crippen molar-refractivity contribution in [1.82, 2.24) is 15.2 Å². The van der Waals surface area contributed by atoms with E-state index in [2.05, 4.69) is 32.4 Å². The average molecular weight is 375 g/mol. The average Bonchev–Trinajstić information content (AvgIpc) is 3.41. The first-order chi connectivity index (χ1) is 12.8. The molecule has 4 nitrogen and oxygen atoms in total. The van der Waals surface area contributed by atoms with E-state index < -0.39 is 0 Å². The minimum absolute atomic E-state index is 0.656. The van der Waals surface area contributed by atoms with Crippen LogP contribution in [0.5, 0.6) is 0 Å². The predicted molar refractivity (Wildman–Crippen MR) is 109 cm³/mol. The number of nitrogens with zero attached hydrogens (tertiary/aromatic N) is 3. The number of likely N-dealkylation sites (tertiary alicyclic amines) is 1. The van der Waals surface area contributed by atoms with Crippen LogP contribution in [0.3, 0.4) is 0 Å². The van der Waals surface area contributed by atoms with Gasteiger partial charge in [-0.2, -0.15) is 0 Å². The molecule has 1 spiro atoms. The van der Waals surface area contributed by atoms with Crippen molar-refractivity contribution in [2.75, 3.05) is 37.6 Å². The van der Waals surface area contributed by atoms with Crippen molar-refractivity contribution in [3.63, 3.8) is 0 Å². The number of rotatable bonds is 4. The van der Waals surface area contributed by atoms with Crippen molar-refractivity contribution in [3.8, 4) is 0 Å². The van der Waals surface area contributed by atoms with E-state index in [1.54, 1.807) is 0 Å². The van der Waals surface area contributed by atoms with Crippen LogP contribution in [0, 0.1) is 17.3 Å². The summed E-state index contributed by atoms with van der Waals surface area (Å²) in [6.45, 7) is 8.83. The summed E-state index contributed by atoms with van der Waals surface area (Å²) in [5.41, 5.74) is 0.656. The molecule has 3 aliphatic heterocycles. The normalized spacial score (nSPS) is 39.0. The summed E-state index contributed by atoms with van der Waals surface area (Å²) in [5, 5.41) is 7.02. The van der Waals surface area contributed by atoms with Crippen molar-refractivity contribution in [2.24, 2.45) is 17.3 Å². The zero-order valence-electron chi connectivity index (χ0n) is 16.2. The van der Waals surface area contributed by atoms with E-state index in [1.165, 1.54) is 82.8 Å². The minimum Gasteiger partial charge on any atom is -0.345 e. The molecular weight excluding hydrogens is 340 g/mol. The first kappa shape index (κ1) is 17.4. The Balaban J connectivity index is 1.19. The molecule has 0 aromatic carbocycles. The van der Waals surface area contributed by atoms with Crippen LogP contribution in [0.4, 0.5) is 5.13 Å². The van der Waals surface area contributed by atoms with Crippen molar-refractivity contribution in [3.05, 3.63) is 11.6 Å². The Hall–Kier alpha value is -0.650. The highest BCUT2D eigenvalue weighted by molar-refractivity contribution is 7.13. The van der Waals surface area contributed by atoms with E-state index in [9.17, 15) is 0 Å². The van der Waals surface area contributed by atoms with Crippen molar-refractivity contribution in [2.45, 2.75) is 64.0 Å². The topological polar surface area (TPSA) is 31.4 Å². The Labute approximate surface area is 162 Å². The lowest BCUT2D eigenvalue weighted by atomic mass is 9.54. The number of hydrogen-bond acceptors (Lipinski definition) is 5. The Morgan fingerprint density at radius 2 is 2.12 bits per heavy atom. The molecule has 4 atom stereocenters. The zero-order chi connectivity index (χ0) is 17.6. The van der Waals surface area contributed by atoms with Gasteiger partial charge in [0.25, 0.3) is 0 Å². The van der Waals surface area contributed by atoms with Crippen LogP contribution in [0.15, 0.2) is 11.6 Å². The summed E-state index contributed by atoms with van der Waals surface area (Å²) in [6, 6.07) is 1.62. The highest BCUT2D eigenvalue weighted by Gasteiger charge is 2.55. The molecule has 0 bridgehead atoms. The summed E-state index contributed by atoms with van der Waals surface area (Å²) in [6.07, 6.45) is 11.7. The second-order valence-corrected chi connectivity index (χ2v) is 10.0. The number of hydrogen-bond donors (Lipinski definition) is 1. The maximum Gasteiger partial charge on any atom is 0.185 e. The van der Waals surface area contributed by atoms with Crippen LogP contribution in [0.1, 0.15) is 51.9 Å². The summed E-state index contributed by atoms with van der Waals surface area (Å²) < 4.78 is 0. The van der Waals surface area contributed by atoms with E-state index in [-0.39, 0.29) is 0 Å². The van der Waals surface area contributed by atoms with Gasteiger partial charge in [-0.15, -0.1) is 11.3 Å². The fraction of sp³-hybridized carbons (Fsp3) is 0.857. The molecule has 0 radical (unpaired) electrons. The SMILES string of the molecule is CCC1C(N2CCC([C@@H]3CCCN3c3nccs3)CC2)CC12CCNC2. The first-order valence-corrected chi connectivity index (χ1v) is 11.8. The Bertz CT molecular complexity index is 589. The molecule has 4 fully saturated rings. The maximum absolute atomic E-state index is 4.60. The summed E-state index contributed by atoms with van der Waals surface area (Å²) in [4.78, 5) is 10.1. The Kier molecular flexibility index (Phi) is 4.74. The highest BCUT2D eigenvalue weighted by atomic mass is 32.1. The van der Waals surface area contributed by atoms with Gasteiger partial charge in [0.1, 0.15) is 0 Å². The van der Waals surface area contributed by atoms with Crippen LogP contribution in [-0.2, 0) is 0 Å². The van der Waals surface area contributed by atoms with Gasteiger partial charge < -0.3 is 15.1 Å². The van der Waals surface area contributed by atoms with Crippen molar-refractivity contribution in [1.29, 1.82) is 0 Å². The molecule has 0 amide bonds. The van der Waals surface area contributed by atoms with E-state index in [0.717, 1.165) is 23.9 Å². The van der Waals surface area contributed by atoms with Crippen LogP contribution in [0.25, 0.3) is 0 Å². The fourth-order valence-corrected chi connectivity index (χ4v) is 7.54. The van der Waals surface area contributed by atoms with Gasteiger partial charge in [-0.25, -0.2) is 4.98 Å². The third-order valence-corrected chi connectivity index (χ3v) is 8.94. The summed E-state index contributed by atoms with van der Waals surface area (Å²) >= 11 is 1.82. The lowest BCUT2D eigenvalue weighted by Gasteiger charge is -2.58. The standard InChI is InChI=1S/C21H34N4S/c1-2-17-19(14-21(17)7-8-22-15-21)24-11-5-16(6-12-24)18-4-3-10-25(18)20-23-9-13-26-20/h9,13,16-19,22H,2-8,10-12,14-15H2,1H3/t17?,18-,19?,21?/m0/s1. The smallest absolute Gasteiger partial charge is 0.185 e.